The summed E-state index contributed by atoms with van der Waals surface area (Å²) in [4.78, 5) is 28.7. The van der Waals surface area contributed by atoms with E-state index in [-0.39, 0.29) is 0 Å². The van der Waals surface area contributed by atoms with Crippen molar-refractivity contribution in [1.82, 2.24) is 14.5 Å². The van der Waals surface area contributed by atoms with Gasteiger partial charge in [-0.3, -0.25) is 4.90 Å². The fraction of sp³-hybridized carbons (Fsp3) is 0.643. The van der Waals surface area contributed by atoms with Crippen LogP contribution in [0.1, 0.15) is 45.9 Å². The zero-order valence-corrected chi connectivity index (χ0v) is 13.2. The second-order valence-corrected chi connectivity index (χ2v) is 5.84. The molecule has 0 radical (unpaired) electrons. The summed E-state index contributed by atoms with van der Waals surface area (Å²) in [6.45, 7) is 7.82. The lowest BCUT2D eigenvalue weighted by atomic mass is 10.2. The molecular formula is C14H23N3O4. The van der Waals surface area contributed by atoms with Crippen molar-refractivity contribution in [3.8, 4) is 0 Å². The summed E-state index contributed by atoms with van der Waals surface area (Å²) in [5.74, 6) is -1.12. The fourth-order valence-corrected chi connectivity index (χ4v) is 1.92. The molecule has 0 aliphatic heterocycles. The van der Waals surface area contributed by atoms with Crippen molar-refractivity contribution in [2.75, 3.05) is 7.05 Å². The summed E-state index contributed by atoms with van der Waals surface area (Å²) >= 11 is 0. The van der Waals surface area contributed by atoms with E-state index in [1.165, 1.54) is 13.2 Å². The number of carbonyl (C=O) groups is 2. The number of carboxylic acid groups (broad SMARTS) is 1. The number of amides is 1. The van der Waals surface area contributed by atoms with E-state index in [1.54, 1.807) is 31.7 Å². The third-order valence-corrected chi connectivity index (χ3v) is 2.79. The minimum absolute atomic E-state index is 0.456. The average molecular weight is 297 g/mol. The van der Waals surface area contributed by atoms with Gasteiger partial charge in [0, 0.05) is 13.6 Å². The second-order valence-electron chi connectivity index (χ2n) is 5.84. The predicted octanol–water partition coefficient (Wildman–Crippen LogP) is 2.29. The van der Waals surface area contributed by atoms with E-state index in [4.69, 9.17) is 4.74 Å². The Balaban J connectivity index is 3.04. The summed E-state index contributed by atoms with van der Waals surface area (Å²) in [5.41, 5.74) is -0.226. The minimum atomic E-state index is -1.13. The number of aryl methyl sites for hydroxylation is 1. The Hall–Kier alpha value is -2.05. The first kappa shape index (κ1) is 17.0. The summed E-state index contributed by atoms with van der Waals surface area (Å²) in [6, 6.07) is -1.13. The molecule has 0 aliphatic rings. The zero-order valence-electron chi connectivity index (χ0n) is 13.2. The molecule has 0 bridgehead atoms. The number of carbonyl (C=O) groups excluding carboxylic acids is 1. The van der Waals surface area contributed by atoms with Gasteiger partial charge in [0.2, 0.25) is 0 Å². The normalized spacial score (nSPS) is 12.8. The highest BCUT2D eigenvalue weighted by molar-refractivity contribution is 5.81. The van der Waals surface area contributed by atoms with Gasteiger partial charge in [-0.05, 0) is 27.2 Å². The van der Waals surface area contributed by atoms with Crippen LogP contribution in [0.3, 0.4) is 0 Å². The largest absolute Gasteiger partial charge is 0.479 e. The number of rotatable bonds is 5. The molecule has 1 N–H and O–H groups in total. The number of imidazole rings is 1. The van der Waals surface area contributed by atoms with Crippen molar-refractivity contribution >= 4 is 12.1 Å². The lowest BCUT2D eigenvalue weighted by Gasteiger charge is -2.28. The number of nitrogens with zero attached hydrogens (tertiary/aromatic N) is 3. The number of aliphatic carboxylic acids is 1. The van der Waals surface area contributed by atoms with E-state index < -0.39 is 23.7 Å². The van der Waals surface area contributed by atoms with Crippen LogP contribution in [0, 0.1) is 0 Å². The van der Waals surface area contributed by atoms with Crippen LogP contribution in [0.15, 0.2) is 12.5 Å². The Morgan fingerprint density at radius 1 is 1.48 bits per heavy atom. The molecule has 118 valence electrons. The lowest BCUT2D eigenvalue weighted by Crippen LogP contribution is -2.40. The molecule has 21 heavy (non-hydrogen) atoms. The molecule has 0 aromatic carbocycles. The van der Waals surface area contributed by atoms with Gasteiger partial charge in [0.15, 0.2) is 6.04 Å². The van der Waals surface area contributed by atoms with Gasteiger partial charge in [-0.15, -0.1) is 0 Å². The number of ether oxygens (including phenoxy) is 1. The van der Waals surface area contributed by atoms with Crippen molar-refractivity contribution in [2.24, 2.45) is 0 Å². The van der Waals surface area contributed by atoms with Crippen molar-refractivity contribution in [2.45, 2.75) is 52.3 Å². The maximum absolute atomic E-state index is 12.1. The molecule has 0 fully saturated rings. The Labute approximate surface area is 124 Å². The van der Waals surface area contributed by atoms with E-state index in [2.05, 4.69) is 4.98 Å². The maximum Gasteiger partial charge on any atom is 0.411 e. The molecule has 1 atom stereocenters. The highest BCUT2D eigenvalue weighted by Crippen LogP contribution is 2.22. The van der Waals surface area contributed by atoms with Crippen LogP contribution in [0.4, 0.5) is 4.79 Å². The van der Waals surface area contributed by atoms with Crippen molar-refractivity contribution in [3.63, 3.8) is 0 Å². The van der Waals surface area contributed by atoms with Crippen molar-refractivity contribution in [3.05, 3.63) is 18.2 Å². The summed E-state index contributed by atoms with van der Waals surface area (Å²) < 4.78 is 6.96. The highest BCUT2D eigenvalue weighted by Gasteiger charge is 2.33. The molecule has 1 heterocycles. The van der Waals surface area contributed by atoms with E-state index in [1.807, 2.05) is 6.92 Å². The van der Waals surface area contributed by atoms with Crippen LogP contribution in [0.5, 0.6) is 0 Å². The van der Waals surface area contributed by atoms with Gasteiger partial charge in [-0.25, -0.2) is 14.6 Å². The number of hydrogen-bond acceptors (Lipinski definition) is 4. The standard InChI is InChI=1S/C14H23N3O4/c1-6-7-17-9-15-8-10(17)11(12(18)19)16(5)13(20)21-14(2,3)4/h8-9,11H,6-7H2,1-5H3,(H,18,19). The van der Waals surface area contributed by atoms with Gasteiger partial charge < -0.3 is 14.4 Å². The smallest absolute Gasteiger partial charge is 0.411 e. The average Bonchev–Trinajstić information content (AvgIpc) is 2.75. The van der Waals surface area contributed by atoms with Gasteiger partial charge in [0.05, 0.1) is 18.2 Å². The second kappa shape index (κ2) is 6.60. The quantitative estimate of drug-likeness (QED) is 0.901. The predicted molar refractivity (Wildman–Crippen MR) is 76.9 cm³/mol. The molecule has 0 saturated heterocycles. The number of likely N-dealkylation sites (N-methyl/N-ethyl adjacent to an activating group) is 1. The molecule has 7 nitrogen and oxygen atoms in total. The molecule has 0 spiro atoms. The molecule has 1 unspecified atom stereocenters. The van der Waals surface area contributed by atoms with E-state index >= 15 is 0 Å². The first-order valence-electron chi connectivity index (χ1n) is 6.86. The van der Waals surface area contributed by atoms with Gasteiger partial charge in [0.1, 0.15) is 5.60 Å². The summed E-state index contributed by atoms with van der Waals surface area (Å²) in [7, 11) is 1.41. The molecule has 1 aromatic rings. The van der Waals surface area contributed by atoms with Crippen LogP contribution in [0.25, 0.3) is 0 Å². The molecule has 0 aliphatic carbocycles. The van der Waals surface area contributed by atoms with Crippen molar-refractivity contribution < 1.29 is 19.4 Å². The van der Waals surface area contributed by atoms with Gasteiger partial charge in [0.25, 0.3) is 0 Å². The third kappa shape index (κ3) is 4.47. The number of aromatic nitrogens is 2. The Bertz CT molecular complexity index is 505. The fourth-order valence-electron chi connectivity index (χ4n) is 1.92. The Morgan fingerprint density at radius 3 is 2.57 bits per heavy atom. The molecule has 1 rings (SSSR count). The molecule has 1 aromatic heterocycles. The van der Waals surface area contributed by atoms with E-state index in [0.29, 0.717) is 12.2 Å². The van der Waals surface area contributed by atoms with Crippen LogP contribution >= 0.6 is 0 Å². The van der Waals surface area contributed by atoms with Gasteiger partial charge >= 0.3 is 12.1 Å². The van der Waals surface area contributed by atoms with Crippen LogP contribution in [0.2, 0.25) is 0 Å². The van der Waals surface area contributed by atoms with Crippen LogP contribution in [-0.2, 0) is 16.1 Å². The third-order valence-electron chi connectivity index (χ3n) is 2.79. The zero-order chi connectivity index (χ0) is 16.2. The molecular weight excluding hydrogens is 274 g/mol. The van der Waals surface area contributed by atoms with E-state index in [0.717, 1.165) is 11.3 Å². The maximum atomic E-state index is 12.1. The van der Waals surface area contributed by atoms with Gasteiger partial charge in [-0.2, -0.15) is 0 Å². The Morgan fingerprint density at radius 2 is 2.10 bits per heavy atom. The lowest BCUT2D eigenvalue weighted by molar-refractivity contribution is -0.143. The Kier molecular flexibility index (Phi) is 5.34. The molecule has 1 amide bonds. The topological polar surface area (TPSA) is 84.7 Å². The molecule has 0 saturated carbocycles. The van der Waals surface area contributed by atoms with Crippen molar-refractivity contribution in [1.29, 1.82) is 0 Å². The number of hydrogen-bond donors (Lipinski definition) is 1. The highest BCUT2D eigenvalue weighted by atomic mass is 16.6. The SMILES string of the molecule is CCCn1cncc1C(C(=O)O)N(C)C(=O)OC(C)(C)C. The molecule has 7 heteroatoms. The summed E-state index contributed by atoms with van der Waals surface area (Å²) in [6.07, 6.45) is 3.19. The van der Waals surface area contributed by atoms with Gasteiger partial charge in [-0.1, -0.05) is 6.92 Å². The van der Waals surface area contributed by atoms with Crippen LogP contribution in [-0.4, -0.2) is 44.3 Å². The monoisotopic (exact) mass is 297 g/mol. The first-order valence-corrected chi connectivity index (χ1v) is 6.86. The first-order chi connectivity index (χ1) is 9.67. The summed E-state index contributed by atoms with van der Waals surface area (Å²) in [5, 5.41) is 9.46. The minimum Gasteiger partial charge on any atom is -0.479 e. The van der Waals surface area contributed by atoms with Crippen LogP contribution < -0.4 is 0 Å². The number of carboxylic acids is 1. The van der Waals surface area contributed by atoms with E-state index in [9.17, 15) is 14.7 Å².